The number of urea groups is 1. The second-order valence-electron chi connectivity index (χ2n) is 4.94. The molecule has 1 aromatic rings. The van der Waals surface area contributed by atoms with Gasteiger partial charge in [0, 0.05) is 13.0 Å². The van der Waals surface area contributed by atoms with E-state index in [1.165, 1.54) is 0 Å². The number of ether oxygens (including phenoxy) is 1. The van der Waals surface area contributed by atoms with E-state index in [4.69, 9.17) is 9.84 Å². The molecule has 0 aliphatic rings. The minimum Gasteiger partial charge on any atom is -0.491 e. The molecule has 0 bridgehead atoms. The van der Waals surface area contributed by atoms with E-state index in [2.05, 4.69) is 10.6 Å². The number of carboxylic acid groups (broad SMARTS) is 1. The average Bonchev–Trinajstić information content (AvgIpc) is 2.49. The molecule has 0 saturated heterocycles. The summed E-state index contributed by atoms with van der Waals surface area (Å²) >= 11 is 0. The second-order valence-corrected chi connectivity index (χ2v) is 4.94. The van der Waals surface area contributed by atoms with Gasteiger partial charge in [0.05, 0.1) is 17.9 Å². The first kappa shape index (κ1) is 19.6. The Hall–Kier alpha value is -2.45. The Morgan fingerprint density at radius 1 is 1.29 bits per heavy atom. The third kappa shape index (κ3) is 6.76. The molecule has 0 spiro atoms. The number of amides is 2. The Kier molecular flexibility index (Phi) is 7.34. The lowest BCUT2D eigenvalue weighted by molar-refractivity contribution is -0.138. The molecular formula is C15H19F3N2O4. The van der Waals surface area contributed by atoms with Crippen molar-refractivity contribution in [2.45, 2.75) is 32.4 Å². The number of halogens is 3. The number of rotatable bonds is 8. The first-order chi connectivity index (χ1) is 11.2. The predicted octanol–water partition coefficient (Wildman–Crippen LogP) is 3.48. The highest BCUT2D eigenvalue weighted by atomic mass is 19.4. The highest BCUT2D eigenvalue weighted by molar-refractivity contribution is 5.91. The molecule has 0 aromatic heterocycles. The highest BCUT2D eigenvalue weighted by Crippen LogP contribution is 2.35. The Morgan fingerprint density at radius 3 is 2.58 bits per heavy atom. The average molecular weight is 348 g/mol. The van der Waals surface area contributed by atoms with Crippen molar-refractivity contribution in [2.75, 3.05) is 18.5 Å². The van der Waals surface area contributed by atoms with Crippen molar-refractivity contribution in [2.24, 2.45) is 0 Å². The van der Waals surface area contributed by atoms with Gasteiger partial charge in [0.15, 0.2) is 0 Å². The Morgan fingerprint density at radius 2 is 2.00 bits per heavy atom. The zero-order valence-electron chi connectivity index (χ0n) is 13.1. The van der Waals surface area contributed by atoms with Crippen molar-refractivity contribution in [3.63, 3.8) is 0 Å². The van der Waals surface area contributed by atoms with Crippen LogP contribution in [0, 0.1) is 0 Å². The summed E-state index contributed by atoms with van der Waals surface area (Å²) in [5, 5.41) is 13.2. The van der Waals surface area contributed by atoms with Crippen LogP contribution in [0.15, 0.2) is 18.2 Å². The maximum Gasteiger partial charge on any atom is 0.416 e. The molecule has 0 aliphatic carbocycles. The maximum atomic E-state index is 12.8. The summed E-state index contributed by atoms with van der Waals surface area (Å²) in [6, 6.07) is 2.09. The lowest BCUT2D eigenvalue weighted by Crippen LogP contribution is -2.30. The van der Waals surface area contributed by atoms with Crippen LogP contribution in [0.2, 0.25) is 0 Å². The molecule has 0 aliphatic heterocycles. The molecule has 0 heterocycles. The molecule has 134 valence electrons. The predicted molar refractivity (Wildman–Crippen MR) is 81.1 cm³/mol. The van der Waals surface area contributed by atoms with E-state index in [1.807, 2.05) is 6.92 Å². The topological polar surface area (TPSA) is 87.7 Å². The third-order valence-electron chi connectivity index (χ3n) is 2.87. The molecule has 2 amide bonds. The molecule has 24 heavy (non-hydrogen) atoms. The van der Waals surface area contributed by atoms with Gasteiger partial charge >= 0.3 is 18.2 Å². The fourth-order valence-electron chi connectivity index (χ4n) is 1.75. The van der Waals surface area contributed by atoms with E-state index in [0.717, 1.165) is 18.2 Å². The van der Waals surface area contributed by atoms with E-state index < -0.39 is 23.7 Å². The molecule has 0 radical (unpaired) electrons. The van der Waals surface area contributed by atoms with Gasteiger partial charge in [0.2, 0.25) is 0 Å². The van der Waals surface area contributed by atoms with Gasteiger partial charge in [0.25, 0.3) is 0 Å². The molecule has 0 saturated carbocycles. The molecular weight excluding hydrogens is 329 g/mol. The Bertz CT molecular complexity index is 576. The summed E-state index contributed by atoms with van der Waals surface area (Å²) in [5.41, 5.74) is -1.01. The molecule has 0 unspecified atom stereocenters. The lowest BCUT2D eigenvalue weighted by Gasteiger charge is -2.15. The number of benzene rings is 1. The van der Waals surface area contributed by atoms with Crippen LogP contribution in [0.3, 0.4) is 0 Å². The van der Waals surface area contributed by atoms with Gasteiger partial charge in [-0.25, -0.2) is 4.79 Å². The van der Waals surface area contributed by atoms with Crippen LogP contribution < -0.4 is 15.4 Å². The monoisotopic (exact) mass is 348 g/mol. The third-order valence-corrected chi connectivity index (χ3v) is 2.87. The quantitative estimate of drug-likeness (QED) is 0.628. The number of anilines is 1. The van der Waals surface area contributed by atoms with Crippen LogP contribution in [0.1, 0.15) is 31.7 Å². The van der Waals surface area contributed by atoms with Crippen molar-refractivity contribution < 1.29 is 32.6 Å². The SMILES string of the molecule is CCCOc1ccc(C(F)(F)F)cc1NC(=O)NCCCC(=O)O. The van der Waals surface area contributed by atoms with Gasteiger partial charge in [-0.15, -0.1) is 0 Å². The molecule has 1 aromatic carbocycles. The number of hydrogen-bond donors (Lipinski definition) is 3. The lowest BCUT2D eigenvalue weighted by atomic mass is 10.2. The minimum atomic E-state index is -4.54. The summed E-state index contributed by atoms with van der Waals surface area (Å²) in [5.74, 6) is -0.865. The minimum absolute atomic E-state index is 0.0856. The maximum absolute atomic E-state index is 12.8. The molecule has 9 heteroatoms. The standard InChI is InChI=1S/C15H19F3N2O4/c1-2-8-24-12-6-5-10(15(16,17)18)9-11(12)20-14(23)19-7-3-4-13(21)22/h5-6,9H,2-4,7-8H2,1H3,(H,21,22)(H2,19,20,23). The van der Waals surface area contributed by atoms with Crippen molar-refractivity contribution >= 4 is 17.7 Å². The highest BCUT2D eigenvalue weighted by Gasteiger charge is 2.31. The van der Waals surface area contributed by atoms with Crippen LogP contribution in [0.5, 0.6) is 5.75 Å². The van der Waals surface area contributed by atoms with Gasteiger partial charge in [-0.3, -0.25) is 4.79 Å². The van der Waals surface area contributed by atoms with Crippen molar-refractivity contribution in [1.29, 1.82) is 0 Å². The van der Waals surface area contributed by atoms with Crippen LogP contribution in [-0.2, 0) is 11.0 Å². The largest absolute Gasteiger partial charge is 0.491 e. The summed E-state index contributed by atoms with van der Waals surface area (Å²) in [7, 11) is 0. The van der Waals surface area contributed by atoms with Crippen LogP contribution in [0.4, 0.5) is 23.7 Å². The van der Waals surface area contributed by atoms with Crippen molar-refractivity contribution in [3.05, 3.63) is 23.8 Å². The Balaban J connectivity index is 2.77. The van der Waals surface area contributed by atoms with E-state index in [9.17, 15) is 22.8 Å². The van der Waals surface area contributed by atoms with Gasteiger partial charge in [-0.1, -0.05) is 6.92 Å². The summed E-state index contributed by atoms with van der Waals surface area (Å²) in [6.07, 6.45) is -3.79. The number of carboxylic acids is 1. The summed E-state index contributed by atoms with van der Waals surface area (Å²) < 4.78 is 43.7. The van der Waals surface area contributed by atoms with Gasteiger partial charge < -0.3 is 20.5 Å². The van der Waals surface area contributed by atoms with E-state index >= 15 is 0 Å². The molecule has 6 nitrogen and oxygen atoms in total. The molecule has 0 atom stereocenters. The number of carbonyl (C=O) groups excluding carboxylic acids is 1. The van der Waals surface area contributed by atoms with Crippen LogP contribution >= 0.6 is 0 Å². The zero-order chi connectivity index (χ0) is 18.2. The van der Waals surface area contributed by atoms with Crippen LogP contribution in [-0.4, -0.2) is 30.3 Å². The van der Waals surface area contributed by atoms with E-state index in [0.29, 0.717) is 13.0 Å². The van der Waals surface area contributed by atoms with E-state index in [1.54, 1.807) is 0 Å². The number of alkyl halides is 3. The van der Waals surface area contributed by atoms with Crippen molar-refractivity contribution in [3.8, 4) is 5.75 Å². The van der Waals surface area contributed by atoms with E-state index in [-0.39, 0.29) is 30.8 Å². The van der Waals surface area contributed by atoms with Crippen molar-refractivity contribution in [1.82, 2.24) is 5.32 Å². The van der Waals surface area contributed by atoms with Gasteiger partial charge in [-0.2, -0.15) is 13.2 Å². The molecule has 0 fully saturated rings. The number of nitrogens with one attached hydrogen (secondary N) is 2. The summed E-state index contributed by atoms with van der Waals surface area (Å²) in [6.45, 7) is 2.22. The Labute approximate surface area is 137 Å². The smallest absolute Gasteiger partial charge is 0.416 e. The number of carbonyl (C=O) groups is 2. The van der Waals surface area contributed by atoms with Gasteiger partial charge in [0.1, 0.15) is 5.75 Å². The first-order valence-electron chi connectivity index (χ1n) is 7.34. The van der Waals surface area contributed by atoms with Gasteiger partial charge in [-0.05, 0) is 31.0 Å². The number of hydrogen-bond acceptors (Lipinski definition) is 3. The zero-order valence-corrected chi connectivity index (χ0v) is 13.1. The molecule has 1 rings (SSSR count). The summed E-state index contributed by atoms with van der Waals surface area (Å²) in [4.78, 5) is 22.1. The second kappa shape index (κ2) is 8.99. The first-order valence-corrected chi connectivity index (χ1v) is 7.34. The fourth-order valence-corrected chi connectivity index (χ4v) is 1.75. The normalized spacial score (nSPS) is 11.0. The van der Waals surface area contributed by atoms with Crippen LogP contribution in [0.25, 0.3) is 0 Å². The fraction of sp³-hybridized carbons (Fsp3) is 0.467. The number of aliphatic carboxylic acids is 1. The molecule has 3 N–H and O–H groups in total.